The predicted octanol–water partition coefficient (Wildman–Crippen LogP) is 7.78. The van der Waals surface area contributed by atoms with Crippen molar-refractivity contribution in [2.24, 2.45) is 0 Å². The second kappa shape index (κ2) is 16.8. The molecule has 11 heteroatoms. The number of carbonyl (C=O) groups excluding carboxylic acids is 2. The number of nitrogens with one attached hydrogen (secondary N) is 1. The van der Waals surface area contributed by atoms with Gasteiger partial charge >= 0.3 is 5.97 Å². The summed E-state index contributed by atoms with van der Waals surface area (Å²) in [4.78, 5) is 27.8. The van der Waals surface area contributed by atoms with E-state index in [1.54, 1.807) is 38.1 Å². The van der Waals surface area contributed by atoms with Crippen molar-refractivity contribution in [3.05, 3.63) is 125 Å². The standard InChI is InChI=1S/C40H43FN4O5S/c1-28(2)43-39-34(24-42)22-36(23-37(39)41)51(48,49)44(3)26-38(46)45(25-29-14-16-32(17-15-29)31-12-8-5-9-13-31)35-20-18-33(19-21-35)40(47)50-27-30-10-6-4-7-11-30/h4,6-7,10-11,14-23,28,31,43H,5,8-9,12-13,25-27H2,1-3H3. The highest BCUT2D eigenvalue weighted by atomic mass is 32.2. The van der Waals surface area contributed by atoms with Gasteiger partial charge in [0, 0.05) is 18.8 Å². The molecule has 0 unspecified atom stereocenters. The Hall–Kier alpha value is -5.05. The number of sulfonamides is 1. The number of esters is 1. The first-order valence-electron chi connectivity index (χ1n) is 17.1. The summed E-state index contributed by atoms with van der Waals surface area (Å²) in [6.07, 6.45) is 5.99. The van der Waals surface area contributed by atoms with E-state index in [9.17, 15) is 23.3 Å². The number of nitrogens with zero attached hydrogens (tertiary/aromatic N) is 3. The van der Waals surface area contributed by atoms with E-state index in [-0.39, 0.29) is 30.4 Å². The third-order valence-corrected chi connectivity index (χ3v) is 10.8. The van der Waals surface area contributed by atoms with E-state index in [1.165, 1.54) is 36.8 Å². The van der Waals surface area contributed by atoms with E-state index in [2.05, 4.69) is 17.4 Å². The van der Waals surface area contributed by atoms with Crippen molar-refractivity contribution < 1.29 is 27.1 Å². The number of anilines is 2. The number of carbonyl (C=O) groups is 2. The zero-order valence-corrected chi connectivity index (χ0v) is 30.0. The molecular formula is C40H43FN4O5S. The zero-order valence-electron chi connectivity index (χ0n) is 29.1. The lowest BCUT2D eigenvalue weighted by atomic mass is 9.84. The van der Waals surface area contributed by atoms with Gasteiger partial charge in [0.25, 0.3) is 0 Å². The minimum atomic E-state index is -4.38. The number of hydrogen-bond donors (Lipinski definition) is 1. The van der Waals surface area contributed by atoms with Crippen LogP contribution in [0.5, 0.6) is 0 Å². The van der Waals surface area contributed by atoms with E-state index >= 15 is 4.39 Å². The van der Waals surface area contributed by atoms with Crippen LogP contribution >= 0.6 is 0 Å². The molecule has 1 aliphatic carbocycles. The molecule has 1 fully saturated rings. The van der Waals surface area contributed by atoms with Gasteiger partial charge in [-0.15, -0.1) is 0 Å². The summed E-state index contributed by atoms with van der Waals surface area (Å²) in [7, 11) is -3.15. The van der Waals surface area contributed by atoms with Gasteiger partial charge in [-0.1, -0.05) is 73.9 Å². The van der Waals surface area contributed by atoms with E-state index in [0.717, 1.165) is 40.4 Å². The monoisotopic (exact) mass is 710 g/mol. The van der Waals surface area contributed by atoms with Gasteiger partial charge in [0.05, 0.1) is 34.8 Å². The van der Waals surface area contributed by atoms with Crippen LogP contribution in [0.2, 0.25) is 0 Å². The molecule has 0 aromatic heterocycles. The fourth-order valence-corrected chi connectivity index (χ4v) is 7.38. The first kappa shape index (κ1) is 37.2. The van der Waals surface area contributed by atoms with Crippen molar-refractivity contribution in [2.45, 2.75) is 76.0 Å². The quantitative estimate of drug-likeness (QED) is 0.141. The Bertz CT molecular complexity index is 1970. The summed E-state index contributed by atoms with van der Waals surface area (Å²) in [6.45, 7) is 3.22. The fraction of sp³-hybridized carbons (Fsp3) is 0.325. The van der Waals surface area contributed by atoms with E-state index in [4.69, 9.17) is 4.74 Å². The molecule has 51 heavy (non-hydrogen) atoms. The highest BCUT2D eigenvalue weighted by Crippen LogP contribution is 2.33. The van der Waals surface area contributed by atoms with Gasteiger partial charge in [0.1, 0.15) is 18.5 Å². The third kappa shape index (κ3) is 9.39. The SMILES string of the molecule is CC(C)Nc1c(F)cc(S(=O)(=O)N(C)CC(=O)N(Cc2ccc(C3CCCCC3)cc2)c2ccc(C(=O)OCc3ccccc3)cc2)cc1C#N. The lowest BCUT2D eigenvalue weighted by Gasteiger charge is -2.27. The molecule has 266 valence electrons. The second-order valence-electron chi connectivity index (χ2n) is 13.2. The van der Waals surface area contributed by atoms with Crippen molar-refractivity contribution in [1.82, 2.24) is 4.31 Å². The topological polar surface area (TPSA) is 120 Å². The van der Waals surface area contributed by atoms with Crippen LogP contribution in [0.3, 0.4) is 0 Å². The van der Waals surface area contributed by atoms with Crippen molar-refractivity contribution in [3.8, 4) is 6.07 Å². The largest absolute Gasteiger partial charge is 0.457 e. The van der Waals surface area contributed by atoms with Crippen LogP contribution in [-0.4, -0.2) is 44.2 Å². The molecule has 0 saturated heterocycles. The molecule has 9 nitrogen and oxygen atoms in total. The summed E-state index contributed by atoms with van der Waals surface area (Å²) in [5.41, 5.74) is 3.45. The molecule has 5 rings (SSSR count). The van der Waals surface area contributed by atoms with Gasteiger partial charge < -0.3 is 15.0 Å². The summed E-state index contributed by atoms with van der Waals surface area (Å²) < 4.78 is 48.6. The third-order valence-electron chi connectivity index (χ3n) is 9.01. The number of hydrogen-bond acceptors (Lipinski definition) is 7. The molecule has 0 aliphatic heterocycles. The van der Waals surface area contributed by atoms with E-state index in [0.29, 0.717) is 17.2 Å². The first-order valence-corrected chi connectivity index (χ1v) is 18.6. The molecule has 1 amide bonds. The van der Waals surface area contributed by atoms with Crippen LogP contribution in [0.1, 0.15) is 84.5 Å². The Morgan fingerprint density at radius 3 is 2.24 bits per heavy atom. The van der Waals surface area contributed by atoms with Crippen LogP contribution in [-0.2, 0) is 32.7 Å². The van der Waals surface area contributed by atoms with Crippen LogP contribution in [0, 0.1) is 17.1 Å². The minimum Gasteiger partial charge on any atom is -0.457 e. The zero-order chi connectivity index (χ0) is 36.5. The summed E-state index contributed by atoms with van der Waals surface area (Å²) >= 11 is 0. The van der Waals surface area contributed by atoms with Crippen LogP contribution < -0.4 is 10.2 Å². The minimum absolute atomic E-state index is 0.0849. The molecule has 0 radical (unpaired) electrons. The molecule has 1 saturated carbocycles. The van der Waals surface area contributed by atoms with Crippen LogP contribution in [0.25, 0.3) is 0 Å². The number of rotatable bonds is 13. The van der Waals surface area contributed by atoms with Crippen molar-refractivity contribution in [2.75, 3.05) is 23.8 Å². The molecular weight excluding hydrogens is 668 g/mol. The van der Waals surface area contributed by atoms with Gasteiger partial charge in [0.15, 0.2) is 0 Å². The van der Waals surface area contributed by atoms with Gasteiger partial charge in [-0.2, -0.15) is 9.57 Å². The highest BCUT2D eigenvalue weighted by molar-refractivity contribution is 7.89. The summed E-state index contributed by atoms with van der Waals surface area (Å²) in [5.74, 6) is -1.44. The first-order chi connectivity index (χ1) is 24.5. The smallest absolute Gasteiger partial charge is 0.338 e. The molecule has 4 aromatic rings. The van der Waals surface area contributed by atoms with Gasteiger partial charge in [-0.05, 0) is 85.7 Å². The van der Waals surface area contributed by atoms with Crippen LogP contribution in [0.15, 0.2) is 95.9 Å². The summed E-state index contributed by atoms with van der Waals surface area (Å²) in [5, 5.41) is 12.5. The maximum absolute atomic E-state index is 15.1. The van der Waals surface area contributed by atoms with Crippen LogP contribution in [0.4, 0.5) is 15.8 Å². The average molecular weight is 711 g/mol. The molecule has 0 spiro atoms. The van der Waals surface area contributed by atoms with Gasteiger partial charge in [0.2, 0.25) is 15.9 Å². The fourth-order valence-electron chi connectivity index (χ4n) is 6.22. The number of amides is 1. The van der Waals surface area contributed by atoms with Crippen molar-refractivity contribution in [1.29, 1.82) is 5.26 Å². The average Bonchev–Trinajstić information content (AvgIpc) is 3.14. The van der Waals surface area contributed by atoms with Gasteiger partial charge in [-0.25, -0.2) is 17.6 Å². The molecule has 1 N–H and O–H groups in total. The Balaban J connectivity index is 1.38. The summed E-state index contributed by atoms with van der Waals surface area (Å²) in [6, 6.07) is 27.5. The van der Waals surface area contributed by atoms with Crippen molar-refractivity contribution in [3.63, 3.8) is 0 Å². The van der Waals surface area contributed by atoms with Gasteiger partial charge in [-0.3, -0.25) is 4.79 Å². The normalized spacial score (nSPS) is 13.5. The lowest BCUT2D eigenvalue weighted by Crippen LogP contribution is -2.41. The Labute approximate surface area is 299 Å². The number of halogens is 1. The molecule has 4 aromatic carbocycles. The number of benzene rings is 4. The Morgan fingerprint density at radius 1 is 0.941 bits per heavy atom. The van der Waals surface area contributed by atoms with Crippen molar-refractivity contribution >= 4 is 33.3 Å². The predicted molar refractivity (Wildman–Crippen MR) is 195 cm³/mol. The second-order valence-corrected chi connectivity index (χ2v) is 15.2. The molecule has 0 atom stereocenters. The van der Waals surface area contributed by atoms with E-state index in [1.807, 2.05) is 48.5 Å². The molecule has 1 aliphatic rings. The maximum Gasteiger partial charge on any atom is 0.338 e. The van der Waals surface area contributed by atoms with E-state index < -0.39 is 39.2 Å². The Morgan fingerprint density at radius 2 is 1.61 bits per heavy atom. The molecule has 0 heterocycles. The number of ether oxygens (including phenoxy) is 1. The highest BCUT2D eigenvalue weighted by Gasteiger charge is 2.29. The Kier molecular flexibility index (Phi) is 12.2. The lowest BCUT2D eigenvalue weighted by molar-refractivity contribution is -0.118. The maximum atomic E-state index is 15.1. The number of nitriles is 1. The number of likely N-dealkylation sites (N-methyl/N-ethyl adjacent to an activating group) is 1. The molecule has 0 bridgehead atoms.